The van der Waals surface area contributed by atoms with Crippen molar-refractivity contribution < 1.29 is 14.3 Å². The molecule has 3 aliphatic rings. The number of hydrogen-bond donors (Lipinski definition) is 0. The Morgan fingerprint density at radius 3 is 2.33 bits per heavy atom. The molecule has 0 radical (unpaired) electrons. The molecule has 3 aliphatic heterocycles. The van der Waals surface area contributed by atoms with Crippen molar-refractivity contribution in [1.29, 1.82) is 0 Å². The summed E-state index contributed by atoms with van der Waals surface area (Å²) in [5.41, 5.74) is 3.72. The second-order valence-corrected chi connectivity index (χ2v) is 11.8. The van der Waals surface area contributed by atoms with E-state index < -0.39 is 0 Å². The van der Waals surface area contributed by atoms with E-state index in [-0.39, 0.29) is 17.6 Å². The summed E-state index contributed by atoms with van der Waals surface area (Å²) in [5.74, 6) is 0.529. The zero-order chi connectivity index (χ0) is 27.4. The molecule has 0 N–H and O–H groups in total. The van der Waals surface area contributed by atoms with Gasteiger partial charge in [-0.25, -0.2) is 4.79 Å². The van der Waals surface area contributed by atoms with Crippen LogP contribution in [0.4, 0.5) is 4.79 Å². The molecule has 2 amide bonds. The van der Waals surface area contributed by atoms with E-state index in [1.807, 2.05) is 54.0 Å². The molecule has 5 rings (SSSR count). The lowest BCUT2D eigenvalue weighted by Crippen LogP contribution is -2.61. The minimum absolute atomic E-state index is 0.172. The number of carbonyl (C=O) groups is 2. The smallest absolute Gasteiger partial charge is 0.410 e. The fourth-order valence-corrected chi connectivity index (χ4v) is 6.99. The molecule has 7 heteroatoms. The van der Waals surface area contributed by atoms with Crippen molar-refractivity contribution in [3.63, 3.8) is 0 Å². The fourth-order valence-electron chi connectivity index (χ4n) is 6.99. The number of likely N-dealkylation sites (tertiary alicyclic amines) is 2. The Hall–Kier alpha value is -2.93. The van der Waals surface area contributed by atoms with Crippen LogP contribution in [-0.4, -0.2) is 76.1 Å². The van der Waals surface area contributed by atoms with Crippen LogP contribution in [0.15, 0.2) is 42.7 Å². The third-order valence-corrected chi connectivity index (χ3v) is 9.37. The first kappa shape index (κ1) is 27.6. The molecule has 39 heavy (non-hydrogen) atoms. The quantitative estimate of drug-likeness (QED) is 0.465. The first-order valence-electron chi connectivity index (χ1n) is 14.9. The number of carbonyl (C=O) groups excluding carboxylic acids is 2. The molecule has 0 saturated carbocycles. The minimum atomic E-state index is -0.351. The van der Waals surface area contributed by atoms with Gasteiger partial charge < -0.3 is 14.5 Å². The Balaban J connectivity index is 1.18. The number of nitrogens with zero attached hydrogens (tertiary/aromatic N) is 4. The Morgan fingerprint density at radius 2 is 1.69 bits per heavy atom. The van der Waals surface area contributed by atoms with Gasteiger partial charge in [-0.2, -0.15) is 0 Å². The lowest BCUT2D eigenvalue weighted by molar-refractivity contribution is -0.127. The number of aromatic nitrogens is 1. The van der Waals surface area contributed by atoms with E-state index >= 15 is 0 Å². The number of benzene rings is 1. The van der Waals surface area contributed by atoms with E-state index in [1.54, 1.807) is 12.4 Å². The van der Waals surface area contributed by atoms with Crippen molar-refractivity contribution in [3.8, 4) is 0 Å². The average molecular weight is 533 g/mol. The largest absolute Gasteiger partial charge is 0.442 e. The van der Waals surface area contributed by atoms with Crippen molar-refractivity contribution in [2.24, 2.45) is 5.92 Å². The minimum Gasteiger partial charge on any atom is -0.442 e. The highest BCUT2D eigenvalue weighted by molar-refractivity contribution is 5.97. The molecule has 1 spiro atoms. The summed E-state index contributed by atoms with van der Waals surface area (Å²) in [6.07, 6.45) is 10.6. The van der Waals surface area contributed by atoms with E-state index in [0.29, 0.717) is 18.5 Å². The molecule has 1 aromatic heterocycles. The predicted octanol–water partition coefficient (Wildman–Crippen LogP) is 5.60. The Morgan fingerprint density at radius 1 is 1.03 bits per heavy atom. The van der Waals surface area contributed by atoms with Crippen molar-refractivity contribution in [1.82, 2.24) is 19.7 Å². The number of rotatable bonds is 7. The maximum absolute atomic E-state index is 13.3. The van der Waals surface area contributed by atoms with Crippen molar-refractivity contribution in [2.75, 3.05) is 32.7 Å². The molecule has 1 unspecified atom stereocenters. The van der Waals surface area contributed by atoms with Gasteiger partial charge in [-0.15, -0.1) is 0 Å². The summed E-state index contributed by atoms with van der Waals surface area (Å²) >= 11 is 0. The van der Waals surface area contributed by atoms with E-state index in [4.69, 9.17) is 4.74 Å². The topological polar surface area (TPSA) is 66.0 Å². The van der Waals surface area contributed by atoms with Crippen molar-refractivity contribution >= 4 is 12.0 Å². The predicted molar refractivity (Wildman–Crippen MR) is 153 cm³/mol. The lowest BCUT2D eigenvalue weighted by atomic mass is 9.75. The van der Waals surface area contributed by atoms with Crippen LogP contribution in [0.2, 0.25) is 0 Å². The summed E-state index contributed by atoms with van der Waals surface area (Å²) in [6.45, 7) is 11.1. The van der Waals surface area contributed by atoms with Gasteiger partial charge in [0.15, 0.2) is 0 Å². The van der Waals surface area contributed by atoms with Crippen LogP contribution in [0.5, 0.6) is 0 Å². The molecule has 210 valence electrons. The van der Waals surface area contributed by atoms with Gasteiger partial charge in [-0.1, -0.05) is 38.0 Å². The second-order valence-electron chi connectivity index (χ2n) is 11.8. The van der Waals surface area contributed by atoms with Crippen molar-refractivity contribution in [3.05, 3.63) is 65.0 Å². The molecule has 0 bridgehead atoms. The average Bonchev–Trinajstić information content (AvgIpc) is 2.95. The monoisotopic (exact) mass is 532 g/mol. The number of piperidine rings is 2. The van der Waals surface area contributed by atoms with Gasteiger partial charge in [0.1, 0.15) is 5.60 Å². The van der Waals surface area contributed by atoms with E-state index in [2.05, 4.69) is 16.8 Å². The summed E-state index contributed by atoms with van der Waals surface area (Å²) in [5, 5.41) is 0. The summed E-state index contributed by atoms with van der Waals surface area (Å²) in [7, 11) is 0. The number of hydrogen-bond acceptors (Lipinski definition) is 5. The van der Waals surface area contributed by atoms with E-state index in [1.165, 1.54) is 0 Å². The third-order valence-electron chi connectivity index (χ3n) is 9.37. The summed E-state index contributed by atoms with van der Waals surface area (Å²) < 4.78 is 6.36. The number of unbranched alkanes of at least 4 members (excludes halogenated alkanes) is 1. The van der Waals surface area contributed by atoms with E-state index in [0.717, 1.165) is 99.9 Å². The first-order chi connectivity index (χ1) is 18.9. The molecule has 3 saturated heterocycles. The molecule has 4 heterocycles. The summed E-state index contributed by atoms with van der Waals surface area (Å²) in [4.78, 5) is 37.1. The highest BCUT2D eigenvalue weighted by atomic mass is 16.6. The van der Waals surface area contributed by atoms with E-state index in [9.17, 15) is 9.59 Å². The lowest BCUT2D eigenvalue weighted by Gasteiger charge is -2.52. The highest BCUT2D eigenvalue weighted by Crippen LogP contribution is 2.42. The molecular weight excluding hydrogens is 488 g/mol. The van der Waals surface area contributed by atoms with Crippen LogP contribution in [0.25, 0.3) is 0 Å². The molecule has 3 fully saturated rings. The standard InChI is InChI=1S/C32H44N4O3/c1-4-5-9-27-23-36(22-26-10-16-33-17-11-26)31(38)39-32(27)14-20-34(21-15-32)28-12-18-35(19-13-28)30(37)29-24(2)7-6-8-25(29)3/h6-8,10-11,16-17,27-28H,4-5,9,12-15,18-23H2,1-3H3. The van der Waals surface area contributed by atoms with Crippen LogP contribution in [0, 0.1) is 19.8 Å². The molecule has 0 aliphatic carbocycles. The maximum Gasteiger partial charge on any atom is 0.410 e. The van der Waals surface area contributed by atoms with Crippen LogP contribution in [-0.2, 0) is 11.3 Å². The van der Waals surface area contributed by atoms with Gasteiger partial charge >= 0.3 is 6.09 Å². The zero-order valence-corrected chi connectivity index (χ0v) is 23.9. The number of aryl methyl sites for hydroxylation is 2. The Labute approximate surface area is 233 Å². The molecule has 7 nitrogen and oxygen atoms in total. The fraction of sp³-hybridized carbons (Fsp3) is 0.594. The number of pyridine rings is 1. The van der Waals surface area contributed by atoms with Gasteiger partial charge in [0.25, 0.3) is 5.91 Å². The molecule has 1 atom stereocenters. The third kappa shape index (κ3) is 5.98. The zero-order valence-electron chi connectivity index (χ0n) is 23.9. The van der Waals surface area contributed by atoms with Crippen molar-refractivity contribution in [2.45, 2.75) is 83.9 Å². The van der Waals surface area contributed by atoms with Crippen LogP contribution in [0.1, 0.15) is 78.9 Å². The van der Waals surface area contributed by atoms with Gasteiger partial charge in [-0.05, 0) is 61.9 Å². The van der Waals surface area contributed by atoms with Crippen LogP contribution >= 0.6 is 0 Å². The SMILES string of the molecule is CCCCC1CN(Cc2ccncc2)C(=O)OC12CCN(C1CCN(C(=O)c3c(C)cccc3C)CC1)CC2. The number of amides is 2. The summed E-state index contributed by atoms with van der Waals surface area (Å²) in [6, 6.07) is 10.5. The van der Waals surface area contributed by atoms with Crippen LogP contribution < -0.4 is 0 Å². The van der Waals surface area contributed by atoms with Crippen LogP contribution in [0.3, 0.4) is 0 Å². The first-order valence-corrected chi connectivity index (χ1v) is 14.9. The van der Waals surface area contributed by atoms with Gasteiger partial charge in [0, 0.05) is 82.0 Å². The van der Waals surface area contributed by atoms with Gasteiger partial charge in [0.2, 0.25) is 0 Å². The highest BCUT2D eigenvalue weighted by Gasteiger charge is 2.50. The molecule has 1 aromatic carbocycles. The van der Waals surface area contributed by atoms with Gasteiger partial charge in [-0.3, -0.25) is 14.7 Å². The molecule has 2 aromatic rings. The number of ether oxygens (including phenoxy) is 1. The second kappa shape index (κ2) is 12.1. The normalized spacial score (nSPS) is 22.2. The molecular formula is C32H44N4O3. The maximum atomic E-state index is 13.3. The van der Waals surface area contributed by atoms with Gasteiger partial charge in [0.05, 0.1) is 0 Å². The Bertz CT molecular complexity index is 1120. The Kier molecular flexibility index (Phi) is 8.55.